The fourth-order valence-electron chi connectivity index (χ4n) is 25.9. The molecule has 9 nitrogen and oxygen atoms in total. The number of rotatable bonds is 24. The molecule has 11 aromatic rings. The van der Waals surface area contributed by atoms with Crippen LogP contribution in [0.15, 0.2) is 231 Å². The van der Waals surface area contributed by atoms with Crippen molar-refractivity contribution in [1.29, 1.82) is 0 Å². The summed E-state index contributed by atoms with van der Waals surface area (Å²) < 4.78 is 54.9. The van der Waals surface area contributed by atoms with Gasteiger partial charge >= 0.3 is 0 Å². The van der Waals surface area contributed by atoms with Gasteiger partial charge in [0.1, 0.15) is 6.10 Å². The average molecular weight is 1900 g/mol. The highest BCUT2D eigenvalue weighted by Gasteiger charge is 2.56. The summed E-state index contributed by atoms with van der Waals surface area (Å²) in [6, 6.07) is 82.3. The second kappa shape index (κ2) is 49.4. The van der Waals surface area contributed by atoms with E-state index in [1.807, 2.05) is 0 Å². The minimum atomic E-state index is 0.0878. The van der Waals surface area contributed by atoms with Crippen LogP contribution in [0.1, 0.15) is 369 Å². The van der Waals surface area contributed by atoms with Crippen molar-refractivity contribution in [2.24, 2.45) is 65.1 Å². The monoisotopic (exact) mass is 1900 g/mol. The summed E-state index contributed by atoms with van der Waals surface area (Å²) in [6.07, 6.45) is 34.5. The molecule has 6 saturated carbocycles. The minimum Gasteiger partial charge on any atom is -0.375 e. The Balaban J connectivity index is 0.000000114. The molecule has 0 heterocycles. The van der Waals surface area contributed by atoms with Gasteiger partial charge in [-0.25, -0.2) is 0 Å². The van der Waals surface area contributed by atoms with Gasteiger partial charge in [0.25, 0.3) is 0 Å². The molecular formula is C132H174O9. The molecule has 24 rings (SSSR count). The van der Waals surface area contributed by atoms with E-state index in [9.17, 15) is 0 Å². The lowest BCUT2D eigenvalue weighted by Gasteiger charge is -2.33. The maximum atomic E-state index is 6.33. The predicted octanol–water partition coefficient (Wildman–Crippen LogP) is 34.6. The quantitative estimate of drug-likeness (QED) is 0.0587. The first kappa shape index (κ1) is 106. The van der Waals surface area contributed by atoms with Gasteiger partial charge in [-0.3, -0.25) is 0 Å². The Kier molecular flexibility index (Phi) is 37.0. The molecule has 0 amide bonds. The van der Waals surface area contributed by atoms with E-state index >= 15 is 0 Å². The van der Waals surface area contributed by atoms with Crippen molar-refractivity contribution in [2.75, 3.05) is 0 Å². The summed E-state index contributed by atoms with van der Waals surface area (Å²) in [6.45, 7) is 45.7. The molecule has 141 heavy (non-hydrogen) atoms. The molecule has 0 saturated heterocycles. The van der Waals surface area contributed by atoms with E-state index in [2.05, 4.69) is 376 Å². The van der Waals surface area contributed by atoms with Crippen molar-refractivity contribution < 1.29 is 42.6 Å². The Morgan fingerprint density at radius 3 is 0.901 bits per heavy atom. The molecule has 0 aromatic heterocycles. The lowest BCUT2D eigenvalue weighted by molar-refractivity contribution is -0.0514. The molecule has 22 atom stereocenters. The first-order valence-electron chi connectivity index (χ1n) is 56.0. The Morgan fingerprint density at radius 1 is 0.234 bits per heavy atom. The number of hydrogen-bond acceptors (Lipinski definition) is 9. The van der Waals surface area contributed by atoms with Crippen molar-refractivity contribution >= 4 is 32.3 Å². The highest BCUT2D eigenvalue weighted by molar-refractivity contribution is 5.93. The van der Waals surface area contributed by atoms with Gasteiger partial charge < -0.3 is 42.6 Å². The molecule has 13 aliphatic rings. The van der Waals surface area contributed by atoms with Crippen LogP contribution in [0.3, 0.4) is 0 Å². The average Bonchev–Trinajstić information content (AvgIpc) is 1.60. The van der Waals surface area contributed by atoms with Crippen molar-refractivity contribution in [3.8, 4) is 11.1 Å². The lowest BCUT2D eigenvalue weighted by Crippen LogP contribution is -2.32. The number of benzene rings is 11. The number of hydrogen-bond donors (Lipinski definition) is 0. The molecule has 0 radical (unpaired) electrons. The lowest BCUT2D eigenvalue weighted by atomic mass is 9.80. The number of ether oxygens (including phenoxy) is 9. The molecule has 6 fully saturated rings. The van der Waals surface area contributed by atoms with E-state index in [1.54, 1.807) is 0 Å². The maximum Gasteiger partial charge on any atom is 0.109 e. The molecule has 11 aromatic carbocycles. The molecule has 0 N–H and O–H groups in total. The third-order valence-electron chi connectivity index (χ3n) is 34.2. The van der Waals surface area contributed by atoms with Crippen LogP contribution in [-0.4, -0.2) is 67.1 Å². The van der Waals surface area contributed by atoms with Gasteiger partial charge in [0, 0.05) is 19.3 Å². The van der Waals surface area contributed by atoms with Gasteiger partial charge in [-0.05, 0) is 379 Å². The third-order valence-corrected chi connectivity index (χ3v) is 34.2. The fraction of sp³-hybridized carbons (Fsp3) is 0.545. The van der Waals surface area contributed by atoms with E-state index in [0.717, 1.165) is 98.7 Å². The summed E-state index contributed by atoms with van der Waals surface area (Å²) in [5.41, 5.74) is 22.3. The maximum absolute atomic E-state index is 6.33. The van der Waals surface area contributed by atoms with Gasteiger partial charge in [-0.15, -0.1) is 0 Å². The molecule has 22 unspecified atom stereocenters. The normalized spacial score (nSPS) is 25.8. The predicted molar refractivity (Wildman–Crippen MR) is 586 cm³/mol. The van der Waals surface area contributed by atoms with Crippen molar-refractivity contribution in [3.05, 3.63) is 308 Å². The Morgan fingerprint density at radius 2 is 0.518 bits per heavy atom. The second-order valence-corrected chi connectivity index (χ2v) is 45.7. The van der Waals surface area contributed by atoms with Gasteiger partial charge in [-0.2, -0.15) is 0 Å². The largest absolute Gasteiger partial charge is 0.375 e. The SMILES string of the molecule is CC(C)C(C)OC1CCc2ccccc21.CC(C)C(C)OC1Cc2cccc3cccc1c23.CC(C)C(C)OC1c2ccccc2-c2ccccc21.CC(C)OC1CC2CC1C1CCCC21.CC(C)OC1CCc2ccccc21.CC(C)OC1Cc2cccc3cccc1c23.CCC(C)OC1CC2CC1C1CCCC21.CCC(C)OC1CCc2ccccc21.CCC(C)OC1Cc2cccc3cccc1c23. The smallest absolute Gasteiger partial charge is 0.109 e. The summed E-state index contributed by atoms with van der Waals surface area (Å²) in [4.78, 5) is 0. The van der Waals surface area contributed by atoms with Crippen molar-refractivity contribution in [2.45, 2.75) is 397 Å². The third kappa shape index (κ3) is 25.4. The zero-order valence-corrected chi connectivity index (χ0v) is 89.9. The van der Waals surface area contributed by atoms with E-state index in [0.29, 0.717) is 91.0 Å². The van der Waals surface area contributed by atoms with Crippen LogP contribution in [0.5, 0.6) is 0 Å². The molecule has 756 valence electrons. The Labute approximate surface area is 850 Å². The van der Waals surface area contributed by atoms with Crippen molar-refractivity contribution in [3.63, 3.8) is 0 Å². The zero-order chi connectivity index (χ0) is 99.2. The van der Waals surface area contributed by atoms with Crippen LogP contribution in [0.4, 0.5) is 0 Å². The highest BCUT2D eigenvalue weighted by atomic mass is 16.5. The molecule has 0 spiro atoms. The molecule has 13 aliphatic carbocycles. The Hall–Kier alpha value is -8.16. The highest BCUT2D eigenvalue weighted by Crippen LogP contribution is 2.61. The summed E-state index contributed by atoms with van der Waals surface area (Å²) in [5.74, 6) is 9.96. The fourth-order valence-corrected chi connectivity index (χ4v) is 25.9. The van der Waals surface area contributed by atoms with E-state index in [-0.39, 0.29) is 36.6 Å². The van der Waals surface area contributed by atoms with Crippen LogP contribution >= 0.6 is 0 Å². The topological polar surface area (TPSA) is 83.1 Å². The van der Waals surface area contributed by atoms with Crippen LogP contribution in [0.25, 0.3) is 43.4 Å². The van der Waals surface area contributed by atoms with Crippen molar-refractivity contribution in [1.82, 2.24) is 0 Å². The van der Waals surface area contributed by atoms with Crippen LogP contribution in [-0.2, 0) is 81.2 Å². The summed E-state index contributed by atoms with van der Waals surface area (Å²) >= 11 is 0. The van der Waals surface area contributed by atoms with Gasteiger partial charge in [0.05, 0.1) is 104 Å². The molecule has 9 heteroatoms. The molecule has 4 bridgehead atoms. The van der Waals surface area contributed by atoms with Crippen LogP contribution in [0, 0.1) is 65.1 Å². The second-order valence-electron chi connectivity index (χ2n) is 45.7. The number of aryl methyl sites for hydroxylation is 3. The summed E-state index contributed by atoms with van der Waals surface area (Å²) in [5, 5.41) is 8.27. The Bertz CT molecular complexity index is 5740. The van der Waals surface area contributed by atoms with Gasteiger partial charge in [-0.1, -0.05) is 306 Å². The standard InChI is InChI=1S/C18H20O.C17H20O.C16H18O.C15H16O.C14H24O.C14H20O.C13H22O.C13H18O.C12H16O/c1-12(2)13(3)19-18-16-10-6-4-8-14(16)15-9-5-7-11-17(15)18;1-11(2)12(3)18-16-10-14-8-4-6-13-7-5-9-15(16)17(13)14;1-3-11(2)17-15-10-13-8-4-6-12-7-5-9-14(15)16(12)13;1-10(2)16-14-9-12-7-3-5-11-6-4-8-13(14)15(11)12;1-3-9(2)15-14-8-10-7-13(14)12-6-4-5-11(10)12;1-10(2)11(3)15-14-9-8-12-6-4-5-7-13(12)14;1-8(2)14-13-7-9-6-12(13)11-5-3-4-10(9)11;1-3-10(2)14-13-9-8-11-6-4-5-7-12(11)13;1-9(2)13-12-8-7-10-5-3-4-6-11(10)12/h4-13,18H,1-3H3;4-9,11-12,16H,10H2,1-3H3;4-9,11,15H,3,10H2,1-2H3;3-8,10,14H,9H2,1-2H3;9-14H,3-8H2,1-2H3;4-7,10-11,14H,8-9H2,1-3H3;8-13H,3-7H2,1-2H3;4-7,10,13H,3,8-9H2,1-2H3;3-6,9,12H,7-8H2,1-2H3. The van der Waals surface area contributed by atoms with Crippen LogP contribution in [0.2, 0.25) is 0 Å². The van der Waals surface area contributed by atoms with E-state index in [1.165, 1.54) is 211 Å². The van der Waals surface area contributed by atoms with Gasteiger partial charge in [0.15, 0.2) is 0 Å². The van der Waals surface area contributed by atoms with Crippen LogP contribution < -0.4 is 0 Å². The zero-order valence-electron chi connectivity index (χ0n) is 89.9. The first-order valence-corrected chi connectivity index (χ1v) is 56.0. The van der Waals surface area contributed by atoms with E-state index in [4.69, 9.17) is 42.6 Å². The first-order chi connectivity index (χ1) is 68.2. The minimum absolute atomic E-state index is 0.0878. The number of fused-ring (bicyclic) bond motifs is 16. The van der Waals surface area contributed by atoms with Gasteiger partial charge in [0.2, 0.25) is 0 Å². The molecule has 0 aliphatic heterocycles. The molecular weight excluding hydrogens is 1730 g/mol. The summed E-state index contributed by atoms with van der Waals surface area (Å²) in [7, 11) is 0. The van der Waals surface area contributed by atoms with E-state index < -0.39 is 0 Å².